The maximum atomic E-state index is 6.49. The first-order valence-electron chi connectivity index (χ1n) is 8.19. The first-order valence-corrected chi connectivity index (χ1v) is 8.19. The molecule has 3 rings (SSSR count). The Labute approximate surface area is 128 Å². The number of fused-ring (bicyclic) bond motifs is 1. The molecule has 0 aliphatic carbocycles. The van der Waals surface area contributed by atoms with Gasteiger partial charge in [0.25, 0.3) is 0 Å². The topological polar surface area (TPSA) is 30.5 Å². The molecule has 0 aromatic heterocycles. The van der Waals surface area contributed by atoms with Crippen LogP contribution in [0.2, 0.25) is 0 Å². The zero-order valence-corrected chi connectivity index (χ0v) is 13.4. The smallest absolute Gasteiger partial charge is 0.124 e. The van der Waals surface area contributed by atoms with Gasteiger partial charge in [0.1, 0.15) is 11.4 Å². The number of nitrogens with one attached hydrogen (secondary N) is 1. The third-order valence-corrected chi connectivity index (χ3v) is 4.64. The van der Waals surface area contributed by atoms with Gasteiger partial charge in [-0.05, 0) is 32.9 Å². The number of ether oxygens (including phenoxy) is 2. The van der Waals surface area contributed by atoms with Crippen molar-refractivity contribution in [3.05, 3.63) is 29.8 Å². The average molecular weight is 289 g/mol. The molecule has 0 saturated carbocycles. The molecule has 0 bridgehead atoms. The van der Waals surface area contributed by atoms with E-state index in [9.17, 15) is 0 Å². The van der Waals surface area contributed by atoms with E-state index < -0.39 is 0 Å². The summed E-state index contributed by atoms with van der Waals surface area (Å²) in [6.07, 6.45) is 4.13. The highest BCUT2D eigenvalue weighted by Gasteiger charge is 2.47. The zero-order chi connectivity index (χ0) is 14.9. The molecule has 1 aromatic rings. The van der Waals surface area contributed by atoms with Crippen LogP contribution in [0.15, 0.2) is 24.3 Å². The van der Waals surface area contributed by atoms with Gasteiger partial charge in [-0.3, -0.25) is 0 Å². The molecule has 2 atom stereocenters. The van der Waals surface area contributed by atoms with E-state index in [1.807, 2.05) is 0 Å². The Morgan fingerprint density at radius 3 is 2.86 bits per heavy atom. The zero-order valence-electron chi connectivity index (χ0n) is 13.4. The van der Waals surface area contributed by atoms with Gasteiger partial charge in [0, 0.05) is 30.9 Å². The third kappa shape index (κ3) is 3.09. The molecule has 1 aromatic carbocycles. The first-order chi connectivity index (χ1) is 10.0. The Kier molecular flexibility index (Phi) is 3.98. The molecule has 0 radical (unpaired) electrons. The molecule has 1 N–H and O–H groups in total. The summed E-state index contributed by atoms with van der Waals surface area (Å²) >= 11 is 0. The van der Waals surface area contributed by atoms with Gasteiger partial charge < -0.3 is 14.8 Å². The van der Waals surface area contributed by atoms with Crippen LogP contribution in [0.5, 0.6) is 5.75 Å². The predicted molar refractivity (Wildman–Crippen MR) is 84.7 cm³/mol. The van der Waals surface area contributed by atoms with Crippen LogP contribution in [-0.2, 0) is 4.74 Å². The lowest BCUT2D eigenvalue weighted by Crippen LogP contribution is -2.53. The van der Waals surface area contributed by atoms with E-state index in [1.54, 1.807) is 0 Å². The van der Waals surface area contributed by atoms with Crippen LogP contribution in [0.4, 0.5) is 0 Å². The van der Waals surface area contributed by atoms with Crippen LogP contribution in [0.3, 0.4) is 0 Å². The molecule has 2 unspecified atom stereocenters. The van der Waals surface area contributed by atoms with Gasteiger partial charge in [0.2, 0.25) is 0 Å². The van der Waals surface area contributed by atoms with Crippen molar-refractivity contribution in [1.29, 1.82) is 0 Å². The Balaban J connectivity index is 1.89. The van der Waals surface area contributed by atoms with Gasteiger partial charge in [0.15, 0.2) is 0 Å². The van der Waals surface area contributed by atoms with Crippen LogP contribution < -0.4 is 10.1 Å². The van der Waals surface area contributed by atoms with Crippen molar-refractivity contribution in [3.63, 3.8) is 0 Å². The Morgan fingerprint density at radius 1 is 1.29 bits per heavy atom. The highest BCUT2D eigenvalue weighted by Crippen LogP contribution is 2.46. The summed E-state index contributed by atoms with van der Waals surface area (Å²) in [5.41, 5.74) is 1.13. The van der Waals surface area contributed by atoms with Crippen LogP contribution in [0.1, 0.15) is 58.1 Å². The summed E-state index contributed by atoms with van der Waals surface area (Å²) in [4.78, 5) is 0. The molecular weight excluding hydrogens is 262 g/mol. The van der Waals surface area contributed by atoms with Crippen LogP contribution in [-0.4, -0.2) is 24.4 Å². The van der Waals surface area contributed by atoms with Gasteiger partial charge in [-0.15, -0.1) is 0 Å². The number of para-hydroxylation sites is 1. The molecule has 1 saturated heterocycles. The van der Waals surface area contributed by atoms with E-state index >= 15 is 0 Å². The van der Waals surface area contributed by atoms with Crippen molar-refractivity contribution in [1.82, 2.24) is 5.32 Å². The van der Waals surface area contributed by atoms with Crippen molar-refractivity contribution in [2.24, 2.45) is 0 Å². The SMILES string of the molecule is CCCNC1CC2(CCOC(C)(C)C2)Oc2ccccc21. The molecular formula is C18H27NO2. The van der Waals surface area contributed by atoms with E-state index in [0.29, 0.717) is 6.04 Å². The molecule has 0 amide bonds. The summed E-state index contributed by atoms with van der Waals surface area (Å²) in [6, 6.07) is 8.87. The first kappa shape index (κ1) is 14.9. The number of hydrogen-bond acceptors (Lipinski definition) is 3. The van der Waals surface area contributed by atoms with Gasteiger partial charge in [-0.1, -0.05) is 25.1 Å². The quantitative estimate of drug-likeness (QED) is 0.917. The van der Waals surface area contributed by atoms with Gasteiger partial charge in [-0.25, -0.2) is 0 Å². The number of rotatable bonds is 3. The molecule has 21 heavy (non-hydrogen) atoms. The Hall–Kier alpha value is -1.06. The van der Waals surface area contributed by atoms with Crippen LogP contribution in [0, 0.1) is 0 Å². The maximum Gasteiger partial charge on any atom is 0.124 e. The van der Waals surface area contributed by atoms with Crippen molar-refractivity contribution >= 4 is 0 Å². The standard InChI is InChI=1S/C18H27NO2/c1-4-10-19-15-12-18(9-11-20-17(2,3)13-18)21-16-8-6-5-7-14(15)16/h5-8,15,19H,4,9-13H2,1-3H3. The van der Waals surface area contributed by atoms with Gasteiger partial charge in [-0.2, -0.15) is 0 Å². The minimum Gasteiger partial charge on any atom is -0.487 e. The van der Waals surface area contributed by atoms with E-state index in [1.165, 1.54) is 5.56 Å². The highest BCUT2D eigenvalue weighted by molar-refractivity contribution is 5.39. The fourth-order valence-corrected chi connectivity index (χ4v) is 3.81. The van der Waals surface area contributed by atoms with Gasteiger partial charge >= 0.3 is 0 Å². The molecule has 2 aliphatic rings. The normalized spacial score (nSPS) is 30.7. The maximum absolute atomic E-state index is 6.49. The Morgan fingerprint density at radius 2 is 2.10 bits per heavy atom. The summed E-state index contributed by atoms with van der Waals surface area (Å²) in [7, 11) is 0. The number of benzene rings is 1. The van der Waals surface area contributed by atoms with E-state index in [2.05, 4.69) is 50.4 Å². The fraction of sp³-hybridized carbons (Fsp3) is 0.667. The lowest BCUT2D eigenvalue weighted by atomic mass is 9.77. The molecule has 2 aliphatic heterocycles. The molecule has 3 heteroatoms. The van der Waals surface area contributed by atoms with Crippen molar-refractivity contribution in [2.45, 2.75) is 63.7 Å². The summed E-state index contributed by atoms with van der Waals surface area (Å²) < 4.78 is 12.4. The largest absolute Gasteiger partial charge is 0.487 e. The molecule has 3 nitrogen and oxygen atoms in total. The summed E-state index contributed by atoms with van der Waals surface area (Å²) in [5, 5.41) is 3.71. The van der Waals surface area contributed by atoms with E-state index in [-0.39, 0.29) is 11.2 Å². The monoisotopic (exact) mass is 289 g/mol. The van der Waals surface area contributed by atoms with Crippen molar-refractivity contribution < 1.29 is 9.47 Å². The average Bonchev–Trinajstić information content (AvgIpc) is 2.43. The summed E-state index contributed by atoms with van der Waals surface area (Å²) in [6.45, 7) is 8.40. The third-order valence-electron chi connectivity index (χ3n) is 4.64. The van der Waals surface area contributed by atoms with E-state index in [0.717, 1.165) is 44.6 Å². The lowest BCUT2D eigenvalue weighted by Gasteiger charge is -2.49. The molecule has 1 spiro atoms. The van der Waals surface area contributed by atoms with Crippen molar-refractivity contribution in [3.8, 4) is 5.75 Å². The van der Waals surface area contributed by atoms with Gasteiger partial charge in [0.05, 0.1) is 12.2 Å². The van der Waals surface area contributed by atoms with E-state index in [4.69, 9.17) is 9.47 Å². The second-order valence-corrected chi connectivity index (χ2v) is 7.07. The predicted octanol–water partition coefficient (Wildman–Crippen LogP) is 3.84. The highest BCUT2D eigenvalue weighted by atomic mass is 16.5. The minimum absolute atomic E-state index is 0.0818. The second-order valence-electron chi connectivity index (χ2n) is 7.07. The number of hydrogen-bond donors (Lipinski definition) is 1. The minimum atomic E-state index is -0.0974. The van der Waals surface area contributed by atoms with Crippen LogP contribution in [0.25, 0.3) is 0 Å². The van der Waals surface area contributed by atoms with Crippen molar-refractivity contribution in [2.75, 3.05) is 13.2 Å². The second kappa shape index (κ2) is 5.62. The fourth-order valence-electron chi connectivity index (χ4n) is 3.81. The Bertz CT molecular complexity index is 500. The molecule has 116 valence electrons. The molecule has 2 heterocycles. The lowest BCUT2D eigenvalue weighted by molar-refractivity contribution is -0.142. The summed E-state index contributed by atoms with van der Waals surface area (Å²) in [5.74, 6) is 1.05. The van der Waals surface area contributed by atoms with Crippen LogP contribution >= 0.6 is 0 Å². The molecule has 1 fully saturated rings.